The molecule has 1 aromatic heterocycles. The number of hydrogen-bond donors (Lipinski definition) is 1. The quantitative estimate of drug-likeness (QED) is 0.277. The summed E-state index contributed by atoms with van der Waals surface area (Å²) in [5.74, 6) is 0.693. The summed E-state index contributed by atoms with van der Waals surface area (Å²) in [4.78, 5) is 11.5. The second kappa shape index (κ2) is 7.71. The lowest BCUT2D eigenvalue weighted by molar-refractivity contribution is -0.384. The zero-order valence-electron chi connectivity index (χ0n) is 16.4. The molecule has 3 aromatic carbocycles. The first kappa shape index (κ1) is 19.2. The van der Waals surface area contributed by atoms with Gasteiger partial charge in [-0.05, 0) is 48.9 Å². The number of methoxy groups -OCH3 is 1. The molecule has 0 saturated heterocycles. The maximum absolute atomic E-state index is 11.1. The molecular formula is C23H19N3O4. The SMILES string of the molecule is COc1ccc(-c2c(-c3ccc([N+](=O)[O-])cc3)c(-c3ccc(C)cc3)nn2O)cc1. The summed E-state index contributed by atoms with van der Waals surface area (Å²) in [6.45, 7) is 1.99. The van der Waals surface area contributed by atoms with Gasteiger partial charge < -0.3 is 9.94 Å². The first-order valence-corrected chi connectivity index (χ1v) is 9.26. The lowest BCUT2D eigenvalue weighted by Gasteiger charge is -2.08. The molecule has 7 heteroatoms. The molecule has 4 aromatic rings. The molecule has 7 nitrogen and oxygen atoms in total. The molecule has 150 valence electrons. The molecule has 0 spiro atoms. The topological polar surface area (TPSA) is 90.4 Å². The van der Waals surface area contributed by atoms with E-state index in [1.165, 1.54) is 12.1 Å². The fourth-order valence-electron chi connectivity index (χ4n) is 3.35. The summed E-state index contributed by atoms with van der Waals surface area (Å²) in [5, 5.41) is 26.1. The Balaban J connectivity index is 1.95. The van der Waals surface area contributed by atoms with Crippen molar-refractivity contribution in [2.45, 2.75) is 6.92 Å². The molecule has 30 heavy (non-hydrogen) atoms. The zero-order valence-corrected chi connectivity index (χ0v) is 16.4. The average Bonchev–Trinajstić information content (AvgIpc) is 3.11. The second-order valence-electron chi connectivity index (χ2n) is 6.86. The second-order valence-corrected chi connectivity index (χ2v) is 6.86. The Morgan fingerprint density at radius 3 is 2.03 bits per heavy atom. The molecule has 1 heterocycles. The van der Waals surface area contributed by atoms with Crippen LogP contribution in [0.25, 0.3) is 33.6 Å². The first-order valence-electron chi connectivity index (χ1n) is 9.26. The summed E-state index contributed by atoms with van der Waals surface area (Å²) >= 11 is 0. The number of nitro groups is 1. The van der Waals surface area contributed by atoms with Crippen LogP contribution in [0.15, 0.2) is 72.8 Å². The minimum absolute atomic E-state index is 0.00183. The summed E-state index contributed by atoms with van der Waals surface area (Å²) in [5.41, 5.74) is 5.13. The molecule has 0 atom stereocenters. The van der Waals surface area contributed by atoms with E-state index >= 15 is 0 Å². The van der Waals surface area contributed by atoms with Gasteiger partial charge in [0.2, 0.25) is 0 Å². The normalized spacial score (nSPS) is 10.7. The highest BCUT2D eigenvalue weighted by Gasteiger charge is 2.23. The third-order valence-corrected chi connectivity index (χ3v) is 4.92. The highest BCUT2D eigenvalue weighted by Crippen LogP contribution is 2.40. The van der Waals surface area contributed by atoms with Crippen molar-refractivity contribution in [3.05, 3.63) is 88.5 Å². The molecule has 1 N–H and O–H groups in total. The number of aryl methyl sites for hydroxylation is 1. The number of non-ortho nitro benzene ring substituents is 1. The van der Waals surface area contributed by atoms with Gasteiger partial charge in [-0.1, -0.05) is 29.8 Å². The summed E-state index contributed by atoms with van der Waals surface area (Å²) in [6, 6.07) is 21.3. The minimum atomic E-state index is -0.440. The van der Waals surface area contributed by atoms with Crippen LogP contribution in [0.4, 0.5) is 5.69 Å². The van der Waals surface area contributed by atoms with E-state index in [0.717, 1.165) is 21.5 Å². The summed E-state index contributed by atoms with van der Waals surface area (Å²) in [6.07, 6.45) is 0. The van der Waals surface area contributed by atoms with Crippen molar-refractivity contribution in [1.29, 1.82) is 0 Å². The summed E-state index contributed by atoms with van der Waals surface area (Å²) < 4.78 is 5.22. The van der Waals surface area contributed by atoms with Gasteiger partial charge in [-0.3, -0.25) is 10.1 Å². The van der Waals surface area contributed by atoms with E-state index in [1.807, 2.05) is 43.3 Å². The van der Waals surface area contributed by atoms with Gasteiger partial charge in [-0.25, -0.2) is 0 Å². The molecule has 0 aliphatic heterocycles. The van der Waals surface area contributed by atoms with E-state index in [0.29, 0.717) is 28.3 Å². The van der Waals surface area contributed by atoms with E-state index in [9.17, 15) is 15.3 Å². The Morgan fingerprint density at radius 2 is 1.47 bits per heavy atom. The third-order valence-electron chi connectivity index (χ3n) is 4.92. The first-order chi connectivity index (χ1) is 14.5. The minimum Gasteiger partial charge on any atom is -0.497 e. The van der Waals surface area contributed by atoms with E-state index in [1.54, 1.807) is 31.4 Å². The van der Waals surface area contributed by atoms with Crippen molar-refractivity contribution in [2.24, 2.45) is 0 Å². The van der Waals surface area contributed by atoms with Gasteiger partial charge in [0.1, 0.15) is 17.1 Å². The molecule has 0 bridgehead atoms. The van der Waals surface area contributed by atoms with Crippen molar-refractivity contribution < 1.29 is 14.9 Å². The Bertz CT molecular complexity index is 1200. The van der Waals surface area contributed by atoms with Crippen molar-refractivity contribution in [3.8, 4) is 39.4 Å². The molecule has 0 aliphatic carbocycles. The van der Waals surface area contributed by atoms with Crippen LogP contribution in [0.1, 0.15) is 5.56 Å². The number of hydrogen-bond acceptors (Lipinski definition) is 5. The number of aromatic nitrogens is 2. The van der Waals surface area contributed by atoms with Gasteiger partial charge in [-0.15, -0.1) is 9.94 Å². The number of rotatable bonds is 5. The van der Waals surface area contributed by atoms with Crippen LogP contribution in [-0.2, 0) is 0 Å². The van der Waals surface area contributed by atoms with Crippen LogP contribution in [0, 0.1) is 17.0 Å². The Morgan fingerprint density at radius 1 is 0.900 bits per heavy atom. The molecule has 0 amide bonds. The highest BCUT2D eigenvalue weighted by atomic mass is 16.6. The van der Waals surface area contributed by atoms with Gasteiger partial charge in [0.15, 0.2) is 0 Å². The van der Waals surface area contributed by atoms with Gasteiger partial charge in [0.25, 0.3) is 5.69 Å². The number of ether oxygens (including phenoxy) is 1. The Kier molecular flexibility index (Phi) is 4.93. The van der Waals surface area contributed by atoms with E-state index < -0.39 is 4.92 Å². The zero-order chi connectivity index (χ0) is 21.3. The fraction of sp³-hybridized carbons (Fsp3) is 0.0870. The maximum atomic E-state index is 11.1. The van der Waals surface area contributed by atoms with Crippen molar-refractivity contribution >= 4 is 5.69 Å². The molecular weight excluding hydrogens is 382 g/mol. The molecule has 4 rings (SSSR count). The van der Waals surface area contributed by atoms with Crippen molar-refractivity contribution in [2.75, 3.05) is 7.11 Å². The molecule has 0 saturated carbocycles. The van der Waals surface area contributed by atoms with Crippen LogP contribution < -0.4 is 4.74 Å². The molecule has 0 radical (unpaired) electrons. The van der Waals surface area contributed by atoms with Gasteiger partial charge in [0, 0.05) is 28.8 Å². The molecule has 0 aliphatic rings. The largest absolute Gasteiger partial charge is 0.497 e. The lowest BCUT2D eigenvalue weighted by atomic mass is 9.95. The summed E-state index contributed by atoms with van der Waals surface area (Å²) in [7, 11) is 1.59. The number of benzene rings is 3. The van der Waals surface area contributed by atoms with Crippen molar-refractivity contribution in [3.63, 3.8) is 0 Å². The third kappa shape index (κ3) is 3.48. The molecule has 0 unspecified atom stereocenters. The fourth-order valence-corrected chi connectivity index (χ4v) is 3.35. The smallest absolute Gasteiger partial charge is 0.269 e. The predicted octanol–water partition coefficient (Wildman–Crippen LogP) is 5.35. The van der Waals surface area contributed by atoms with Gasteiger partial charge in [-0.2, -0.15) is 0 Å². The maximum Gasteiger partial charge on any atom is 0.269 e. The Labute approximate surface area is 172 Å². The Hall–Kier alpha value is -4.13. The predicted molar refractivity (Wildman–Crippen MR) is 114 cm³/mol. The average molecular weight is 401 g/mol. The van der Waals surface area contributed by atoms with E-state index in [-0.39, 0.29) is 5.69 Å². The van der Waals surface area contributed by atoms with Crippen LogP contribution in [-0.4, -0.2) is 27.2 Å². The lowest BCUT2D eigenvalue weighted by Crippen LogP contribution is -1.96. The van der Waals surface area contributed by atoms with Crippen LogP contribution >= 0.6 is 0 Å². The monoisotopic (exact) mass is 401 g/mol. The van der Waals surface area contributed by atoms with Crippen molar-refractivity contribution in [1.82, 2.24) is 9.94 Å². The number of nitrogens with zero attached hydrogens (tertiary/aromatic N) is 3. The molecule has 0 fully saturated rings. The van der Waals surface area contributed by atoms with Crippen LogP contribution in [0.5, 0.6) is 5.75 Å². The standard InChI is InChI=1S/C23H19N3O4/c1-15-3-5-17(6-4-15)22-21(16-7-11-19(12-8-16)26(28)29)23(25(27)24-22)18-9-13-20(30-2)14-10-18/h3-14,27H,1-2H3. The van der Waals surface area contributed by atoms with Crippen LogP contribution in [0.2, 0.25) is 0 Å². The number of nitro benzene ring substituents is 1. The van der Waals surface area contributed by atoms with Gasteiger partial charge >= 0.3 is 0 Å². The van der Waals surface area contributed by atoms with Gasteiger partial charge in [0.05, 0.1) is 12.0 Å². The van der Waals surface area contributed by atoms with E-state index in [2.05, 4.69) is 5.10 Å². The van der Waals surface area contributed by atoms with Crippen LogP contribution in [0.3, 0.4) is 0 Å². The highest BCUT2D eigenvalue weighted by molar-refractivity contribution is 5.91. The van der Waals surface area contributed by atoms with E-state index in [4.69, 9.17) is 4.74 Å².